The van der Waals surface area contributed by atoms with Crippen molar-refractivity contribution in [3.8, 4) is 0 Å². The van der Waals surface area contributed by atoms with E-state index in [4.69, 9.17) is 9.11 Å². The molecule has 2 aromatic rings. The molecule has 0 aliphatic heterocycles. The highest BCUT2D eigenvalue weighted by molar-refractivity contribution is 8.03. The van der Waals surface area contributed by atoms with Gasteiger partial charge >= 0.3 is 0 Å². The van der Waals surface area contributed by atoms with Gasteiger partial charge in [-0.05, 0) is 16.3 Å². The monoisotopic (exact) mass is 344 g/mol. The predicted molar refractivity (Wildman–Crippen MR) is 85.8 cm³/mol. The van der Waals surface area contributed by atoms with Gasteiger partial charge in [-0.1, -0.05) is 42.5 Å². The molecule has 2 aromatic carbocycles. The van der Waals surface area contributed by atoms with Gasteiger partial charge in [0.2, 0.25) is 4.58 Å². The first-order chi connectivity index (χ1) is 10.2. The van der Waals surface area contributed by atoms with Crippen LogP contribution in [0.1, 0.15) is 5.56 Å². The summed E-state index contributed by atoms with van der Waals surface area (Å²) in [6.45, 7) is 6.00. The van der Waals surface area contributed by atoms with Gasteiger partial charge in [-0.15, -0.1) is 13.2 Å². The molecule has 0 heterocycles. The Hall–Kier alpha value is -1.74. The molecule has 0 amide bonds. The molecule has 2 N–H and O–H groups in total. The third-order valence-electron chi connectivity index (χ3n) is 2.93. The molecule has 0 fully saturated rings. The Bertz CT molecular complexity index is 819. The smallest absolute Gasteiger partial charge is 0.284 e. The molecular weight excluding hydrogens is 328 g/mol. The van der Waals surface area contributed by atoms with Gasteiger partial charge in [0.15, 0.2) is 0 Å². The van der Waals surface area contributed by atoms with Crippen molar-refractivity contribution in [2.45, 2.75) is 11.0 Å². The zero-order valence-electron chi connectivity index (χ0n) is 11.6. The van der Waals surface area contributed by atoms with Crippen LogP contribution in [0.15, 0.2) is 55.6 Å². The molecule has 120 valence electrons. The quantitative estimate of drug-likeness (QED) is 0.650. The van der Waals surface area contributed by atoms with E-state index in [1.54, 1.807) is 42.5 Å². The van der Waals surface area contributed by atoms with E-state index in [2.05, 4.69) is 13.2 Å². The third-order valence-corrected chi connectivity index (χ3v) is 6.05. The first kappa shape index (κ1) is 18.3. The van der Waals surface area contributed by atoms with Crippen LogP contribution in [0.2, 0.25) is 0 Å². The predicted octanol–water partition coefficient (Wildman–Crippen LogP) is 2.29. The Labute approximate surface area is 129 Å². The Balaban J connectivity index is 0.00000116. The van der Waals surface area contributed by atoms with Crippen molar-refractivity contribution >= 4 is 31.0 Å². The van der Waals surface area contributed by atoms with Crippen molar-refractivity contribution in [3.05, 3.63) is 61.2 Å². The lowest BCUT2D eigenvalue weighted by molar-refractivity contribution is 0.454. The van der Waals surface area contributed by atoms with Crippen LogP contribution in [-0.2, 0) is 26.7 Å². The third kappa shape index (κ3) is 4.38. The highest BCUT2D eigenvalue weighted by atomic mass is 32.3. The van der Waals surface area contributed by atoms with Crippen LogP contribution < -0.4 is 0 Å². The molecule has 0 saturated heterocycles. The van der Waals surface area contributed by atoms with E-state index in [1.165, 1.54) is 0 Å². The summed E-state index contributed by atoms with van der Waals surface area (Å²) in [6.07, 6.45) is -0.529. The second kappa shape index (κ2) is 7.01. The summed E-state index contributed by atoms with van der Waals surface area (Å²) >= 11 is 0. The van der Waals surface area contributed by atoms with Gasteiger partial charge in [0, 0.05) is 6.42 Å². The second-order valence-electron chi connectivity index (χ2n) is 4.30. The molecule has 0 aliphatic rings. The van der Waals surface area contributed by atoms with E-state index < -0.39 is 31.2 Å². The lowest BCUT2D eigenvalue weighted by Gasteiger charge is -2.12. The maximum absolute atomic E-state index is 11.1. The summed E-state index contributed by atoms with van der Waals surface area (Å²) in [5.74, 6) is 0. The van der Waals surface area contributed by atoms with Crippen molar-refractivity contribution < 1.29 is 25.9 Å². The Morgan fingerprint density at radius 2 is 1.36 bits per heavy atom. The van der Waals surface area contributed by atoms with Gasteiger partial charge in [0.25, 0.3) is 20.2 Å². The van der Waals surface area contributed by atoms with E-state index in [0.29, 0.717) is 10.9 Å². The molecular formula is C14H16O6S2. The van der Waals surface area contributed by atoms with Crippen LogP contribution in [-0.4, -0.2) is 30.5 Å². The van der Waals surface area contributed by atoms with E-state index in [0.717, 1.165) is 5.39 Å². The first-order valence-corrected chi connectivity index (χ1v) is 9.09. The minimum absolute atomic E-state index is 0.406. The molecule has 2 rings (SSSR count). The summed E-state index contributed by atoms with van der Waals surface area (Å²) in [5, 5.41) is 1.46. The molecule has 0 spiro atoms. The number of rotatable bonds is 4. The van der Waals surface area contributed by atoms with E-state index in [-0.39, 0.29) is 0 Å². The summed E-state index contributed by atoms with van der Waals surface area (Å²) < 4.78 is 60.2. The van der Waals surface area contributed by atoms with Gasteiger partial charge in [0.05, 0.1) is 0 Å². The lowest BCUT2D eigenvalue weighted by atomic mass is 10.0. The van der Waals surface area contributed by atoms with E-state index in [9.17, 15) is 16.8 Å². The van der Waals surface area contributed by atoms with Crippen LogP contribution in [0.5, 0.6) is 0 Å². The summed E-state index contributed by atoms with van der Waals surface area (Å²) in [4.78, 5) is 0. The number of benzene rings is 2. The van der Waals surface area contributed by atoms with Gasteiger partial charge in [0.1, 0.15) is 0 Å². The average molecular weight is 344 g/mol. The van der Waals surface area contributed by atoms with Gasteiger partial charge in [-0.25, -0.2) is 0 Å². The molecule has 0 bridgehead atoms. The molecule has 0 saturated carbocycles. The van der Waals surface area contributed by atoms with Crippen molar-refractivity contribution in [1.29, 1.82) is 0 Å². The fraction of sp³-hybridized carbons (Fsp3) is 0.143. The van der Waals surface area contributed by atoms with E-state index >= 15 is 0 Å². The Morgan fingerprint density at radius 3 is 1.91 bits per heavy atom. The Morgan fingerprint density at radius 1 is 0.864 bits per heavy atom. The molecule has 0 aliphatic carbocycles. The standard InChI is InChI=1S/C12H12O6S2.C2H4/c13-19(14,15)12(20(16,17)18)8-10-6-3-5-9-4-1-2-7-11(9)10;1-2/h1-7,12H,8H2,(H,13,14,15)(H,16,17,18);1-2H2. The fourth-order valence-electron chi connectivity index (χ4n) is 2.01. The van der Waals surface area contributed by atoms with Crippen LogP contribution in [0.3, 0.4) is 0 Å². The zero-order chi connectivity index (χ0) is 17.0. The molecule has 0 radical (unpaired) electrons. The highest BCUT2D eigenvalue weighted by Gasteiger charge is 2.35. The minimum atomic E-state index is -4.93. The van der Waals surface area contributed by atoms with Crippen molar-refractivity contribution in [2.24, 2.45) is 0 Å². The molecule has 0 unspecified atom stereocenters. The highest BCUT2D eigenvalue weighted by Crippen LogP contribution is 2.22. The minimum Gasteiger partial charge on any atom is -0.284 e. The normalized spacial score (nSPS) is 12.0. The summed E-state index contributed by atoms with van der Waals surface area (Å²) in [7, 11) is -9.85. The van der Waals surface area contributed by atoms with Crippen LogP contribution in [0, 0.1) is 0 Å². The topological polar surface area (TPSA) is 109 Å². The van der Waals surface area contributed by atoms with Gasteiger partial charge < -0.3 is 0 Å². The van der Waals surface area contributed by atoms with Gasteiger partial charge in [-0.3, -0.25) is 9.11 Å². The fourth-order valence-corrected chi connectivity index (χ4v) is 4.02. The van der Waals surface area contributed by atoms with E-state index in [1.807, 2.05) is 0 Å². The molecule has 8 heteroatoms. The summed E-state index contributed by atoms with van der Waals surface area (Å²) in [6, 6.07) is 12.0. The molecule has 22 heavy (non-hydrogen) atoms. The van der Waals surface area contributed by atoms with Crippen molar-refractivity contribution in [1.82, 2.24) is 0 Å². The first-order valence-electron chi connectivity index (χ1n) is 6.09. The second-order valence-corrected chi connectivity index (χ2v) is 7.80. The lowest BCUT2D eigenvalue weighted by Crippen LogP contribution is -2.31. The van der Waals surface area contributed by atoms with Crippen molar-refractivity contribution in [2.75, 3.05) is 0 Å². The van der Waals surface area contributed by atoms with Crippen LogP contribution in [0.25, 0.3) is 10.8 Å². The van der Waals surface area contributed by atoms with Crippen LogP contribution in [0.4, 0.5) is 0 Å². The van der Waals surface area contributed by atoms with Gasteiger partial charge in [-0.2, -0.15) is 16.8 Å². The number of fused-ring (bicyclic) bond motifs is 1. The SMILES string of the molecule is C=C.O=S(=O)(O)C(Cc1cccc2ccccc12)S(=O)(=O)O. The maximum atomic E-state index is 11.1. The summed E-state index contributed by atoms with van der Waals surface area (Å²) in [5.41, 5.74) is 0.406. The molecule has 0 aromatic heterocycles. The molecule has 6 nitrogen and oxygen atoms in total. The number of hydrogen-bond acceptors (Lipinski definition) is 4. The largest absolute Gasteiger partial charge is 0.285 e. The maximum Gasteiger partial charge on any atom is 0.285 e. The molecule has 0 atom stereocenters. The number of hydrogen-bond donors (Lipinski definition) is 2. The average Bonchev–Trinajstić information content (AvgIpc) is 2.44. The van der Waals surface area contributed by atoms with Crippen molar-refractivity contribution in [3.63, 3.8) is 0 Å². The Kier molecular flexibility index (Phi) is 5.84. The zero-order valence-corrected chi connectivity index (χ0v) is 13.2. The van der Waals surface area contributed by atoms with Crippen LogP contribution >= 0.6 is 0 Å².